The molecule has 0 amide bonds. The van der Waals surface area contributed by atoms with E-state index < -0.39 is 0 Å². The van der Waals surface area contributed by atoms with Gasteiger partial charge in [-0.2, -0.15) is 0 Å². The molecule has 1 aromatic carbocycles. The molecule has 0 unspecified atom stereocenters. The lowest BCUT2D eigenvalue weighted by molar-refractivity contribution is 0.460. The molecule has 1 aromatic heterocycles. The van der Waals surface area contributed by atoms with E-state index in [4.69, 9.17) is 11.6 Å². The Bertz CT molecular complexity index is 482. The number of hydrogen-bond acceptors (Lipinski definition) is 2. The topological polar surface area (TPSA) is 33.1 Å². The largest absolute Gasteiger partial charge is 0.493 e. The average Bonchev–Trinajstić information content (AvgIpc) is 2.23. The van der Waals surface area contributed by atoms with Gasteiger partial charge in [0.25, 0.3) is 0 Å². The molecule has 0 saturated carbocycles. The number of fused-ring (bicyclic) bond motifs is 1. The van der Waals surface area contributed by atoms with Gasteiger partial charge in [-0.3, -0.25) is 0 Å². The third-order valence-corrected chi connectivity index (χ3v) is 2.59. The minimum Gasteiger partial charge on any atom is -0.493 e. The first kappa shape index (κ1) is 9.28. The molecule has 14 heavy (non-hydrogen) atoms. The maximum absolute atomic E-state index is 9.49. The summed E-state index contributed by atoms with van der Waals surface area (Å²) in [6.07, 6.45) is 2.42. The lowest BCUT2D eigenvalue weighted by Crippen LogP contribution is -1.84. The van der Waals surface area contributed by atoms with Crippen LogP contribution in [-0.2, 0) is 6.42 Å². The molecule has 72 valence electrons. The minimum absolute atomic E-state index is 0.0343. The number of hydrogen-bond donors (Lipinski definition) is 1. The second-order valence-corrected chi connectivity index (χ2v) is 3.57. The van der Waals surface area contributed by atoms with Crippen molar-refractivity contribution in [2.45, 2.75) is 13.3 Å². The van der Waals surface area contributed by atoms with E-state index in [1.54, 1.807) is 0 Å². The van der Waals surface area contributed by atoms with Crippen molar-refractivity contribution < 1.29 is 5.11 Å². The third kappa shape index (κ3) is 1.42. The van der Waals surface area contributed by atoms with Gasteiger partial charge in [-0.05, 0) is 24.1 Å². The minimum atomic E-state index is 0.0343. The Balaban J connectivity index is 2.80. The summed E-state index contributed by atoms with van der Waals surface area (Å²) in [6, 6.07) is 5.81. The fraction of sp³-hybridized carbons (Fsp3) is 0.182. The molecule has 0 atom stereocenters. The van der Waals surface area contributed by atoms with Gasteiger partial charge in [0.15, 0.2) is 0 Å². The van der Waals surface area contributed by atoms with Crippen molar-refractivity contribution in [3.05, 3.63) is 35.0 Å². The number of rotatable bonds is 1. The summed E-state index contributed by atoms with van der Waals surface area (Å²) in [5, 5.41) is 11.6. The highest BCUT2D eigenvalue weighted by atomic mass is 35.5. The Labute approximate surface area is 87.2 Å². The van der Waals surface area contributed by atoms with Gasteiger partial charge in [0.1, 0.15) is 0 Å². The molecule has 0 bridgehead atoms. The lowest BCUT2D eigenvalue weighted by atomic mass is 10.1. The molecule has 2 rings (SSSR count). The van der Waals surface area contributed by atoms with Crippen LogP contribution in [0.4, 0.5) is 0 Å². The quantitative estimate of drug-likeness (QED) is 0.779. The van der Waals surface area contributed by atoms with E-state index in [0.29, 0.717) is 10.4 Å². The molecule has 0 saturated heterocycles. The number of aromatic hydroxyl groups is 1. The Morgan fingerprint density at radius 3 is 2.86 bits per heavy atom. The van der Waals surface area contributed by atoms with Crippen molar-refractivity contribution >= 4 is 22.4 Å². The summed E-state index contributed by atoms with van der Waals surface area (Å²) < 4.78 is 0. The molecule has 0 radical (unpaired) electrons. The summed E-state index contributed by atoms with van der Waals surface area (Å²) >= 11 is 5.98. The first-order valence-corrected chi connectivity index (χ1v) is 4.86. The van der Waals surface area contributed by atoms with E-state index in [9.17, 15) is 5.11 Å². The van der Waals surface area contributed by atoms with Crippen LogP contribution in [0, 0.1) is 0 Å². The van der Waals surface area contributed by atoms with Crippen molar-refractivity contribution in [1.29, 1.82) is 0 Å². The van der Waals surface area contributed by atoms with Crippen LogP contribution in [-0.4, -0.2) is 10.1 Å². The highest BCUT2D eigenvalue weighted by Gasteiger charge is 2.05. The Hall–Kier alpha value is -1.28. The number of aromatic nitrogens is 1. The molecule has 0 aliphatic heterocycles. The van der Waals surface area contributed by atoms with Crippen LogP contribution in [0.2, 0.25) is 5.02 Å². The Morgan fingerprint density at radius 1 is 1.36 bits per heavy atom. The monoisotopic (exact) mass is 207 g/mol. The van der Waals surface area contributed by atoms with Crippen LogP contribution in [0.25, 0.3) is 10.8 Å². The SMILES string of the molecule is CCc1ccc2c(O)ncc(Cl)c2c1. The van der Waals surface area contributed by atoms with E-state index >= 15 is 0 Å². The van der Waals surface area contributed by atoms with E-state index in [-0.39, 0.29) is 5.88 Å². The summed E-state index contributed by atoms with van der Waals surface area (Å²) in [5.41, 5.74) is 1.20. The van der Waals surface area contributed by atoms with Gasteiger partial charge < -0.3 is 5.11 Å². The van der Waals surface area contributed by atoms with Crippen LogP contribution < -0.4 is 0 Å². The molecular weight excluding hydrogens is 198 g/mol. The molecule has 0 aliphatic carbocycles. The Morgan fingerprint density at radius 2 is 2.14 bits per heavy atom. The molecule has 0 aliphatic rings. The van der Waals surface area contributed by atoms with Gasteiger partial charge in [-0.25, -0.2) is 4.98 Å². The van der Waals surface area contributed by atoms with Gasteiger partial charge in [-0.15, -0.1) is 0 Å². The molecule has 2 nitrogen and oxygen atoms in total. The molecule has 0 fully saturated rings. The van der Waals surface area contributed by atoms with E-state index in [0.717, 1.165) is 11.8 Å². The predicted molar refractivity (Wildman–Crippen MR) is 57.8 cm³/mol. The second-order valence-electron chi connectivity index (χ2n) is 3.16. The van der Waals surface area contributed by atoms with Crippen molar-refractivity contribution in [1.82, 2.24) is 4.98 Å². The third-order valence-electron chi connectivity index (χ3n) is 2.29. The van der Waals surface area contributed by atoms with Crippen LogP contribution in [0.15, 0.2) is 24.4 Å². The average molecular weight is 208 g/mol. The van der Waals surface area contributed by atoms with Crippen LogP contribution >= 0.6 is 11.6 Å². The molecule has 1 heterocycles. The standard InChI is InChI=1S/C11H10ClNO/c1-2-7-3-4-8-9(5-7)10(12)6-13-11(8)14/h3-6H,2H2,1H3,(H,13,14). The van der Waals surface area contributed by atoms with Gasteiger partial charge >= 0.3 is 0 Å². The fourth-order valence-corrected chi connectivity index (χ4v) is 1.67. The summed E-state index contributed by atoms with van der Waals surface area (Å²) in [6.45, 7) is 2.08. The zero-order valence-corrected chi connectivity index (χ0v) is 8.54. The summed E-state index contributed by atoms with van der Waals surface area (Å²) in [4.78, 5) is 3.79. The second kappa shape index (κ2) is 3.46. The molecule has 0 spiro atoms. The number of halogens is 1. The molecular formula is C11H10ClNO. The van der Waals surface area contributed by atoms with Gasteiger partial charge in [0, 0.05) is 10.8 Å². The number of aryl methyl sites for hydroxylation is 1. The van der Waals surface area contributed by atoms with Crippen LogP contribution in [0.5, 0.6) is 5.88 Å². The lowest BCUT2D eigenvalue weighted by Gasteiger charge is -2.04. The maximum Gasteiger partial charge on any atom is 0.218 e. The highest BCUT2D eigenvalue weighted by molar-refractivity contribution is 6.35. The number of nitrogens with zero attached hydrogens (tertiary/aromatic N) is 1. The van der Waals surface area contributed by atoms with Crippen molar-refractivity contribution in [2.24, 2.45) is 0 Å². The smallest absolute Gasteiger partial charge is 0.218 e. The predicted octanol–water partition coefficient (Wildman–Crippen LogP) is 3.16. The maximum atomic E-state index is 9.49. The van der Waals surface area contributed by atoms with Crippen LogP contribution in [0.3, 0.4) is 0 Å². The van der Waals surface area contributed by atoms with Gasteiger partial charge in [0.2, 0.25) is 5.88 Å². The van der Waals surface area contributed by atoms with E-state index in [1.165, 1.54) is 11.8 Å². The van der Waals surface area contributed by atoms with E-state index in [1.807, 2.05) is 18.2 Å². The van der Waals surface area contributed by atoms with Crippen LogP contribution in [0.1, 0.15) is 12.5 Å². The molecule has 3 heteroatoms. The fourth-order valence-electron chi connectivity index (χ4n) is 1.46. The van der Waals surface area contributed by atoms with Gasteiger partial charge in [-0.1, -0.05) is 24.6 Å². The van der Waals surface area contributed by atoms with Gasteiger partial charge in [0.05, 0.1) is 11.2 Å². The first-order valence-electron chi connectivity index (χ1n) is 4.48. The highest BCUT2D eigenvalue weighted by Crippen LogP contribution is 2.29. The van der Waals surface area contributed by atoms with E-state index in [2.05, 4.69) is 11.9 Å². The number of pyridine rings is 1. The molecule has 2 aromatic rings. The summed E-state index contributed by atoms with van der Waals surface area (Å²) in [5.74, 6) is 0.0343. The van der Waals surface area contributed by atoms with Crippen molar-refractivity contribution in [3.63, 3.8) is 0 Å². The normalized spacial score (nSPS) is 10.7. The first-order chi connectivity index (χ1) is 6.72. The zero-order valence-electron chi connectivity index (χ0n) is 7.79. The summed E-state index contributed by atoms with van der Waals surface area (Å²) in [7, 11) is 0. The molecule has 1 N–H and O–H groups in total. The number of benzene rings is 1. The Kier molecular flexibility index (Phi) is 2.30. The van der Waals surface area contributed by atoms with Crippen molar-refractivity contribution in [3.8, 4) is 5.88 Å². The van der Waals surface area contributed by atoms with Crippen molar-refractivity contribution in [2.75, 3.05) is 0 Å². The zero-order chi connectivity index (χ0) is 10.1.